The van der Waals surface area contributed by atoms with Crippen LogP contribution in [0.4, 0.5) is 0 Å². The van der Waals surface area contributed by atoms with Crippen molar-refractivity contribution in [1.82, 2.24) is 0 Å². The number of aryl methyl sites for hydroxylation is 2. The molecule has 2 aromatic heterocycles. The highest BCUT2D eigenvalue weighted by atomic mass is 32.2. The van der Waals surface area contributed by atoms with Crippen LogP contribution in [0.2, 0.25) is 0 Å². The first-order valence-electron chi connectivity index (χ1n) is 14.9. The van der Waals surface area contributed by atoms with Crippen LogP contribution in [0.3, 0.4) is 0 Å². The number of benzene rings is 6. The molecule has 0 aliphatic heterocycles. The zero-order valence-corrected chi connectivity index (χ0v) is 28.3. The van der Waals surface area contributed by atoms with E-state index in [1.807, 2.05) is 54.6 Å². The Morgan fingerprint density at radius 2 is 1.06 bits per heavy atom. The van der Waals surface area contributed by atoms with Gasteiger partial charge in [-0.2, -0.15) is 0 Å². The molecule has 0 aliphatic carbocycles. The van der Waals surface area contributed by atoms with Crippen molar-refractivity contribution in [2.24, 2.45) is 0 Å². The number of fused-ring (bicyclic) bond motifs is 4. The molecule has 230 valence electrons. The Labute approximate surface area is 288 Å². The molecule has 1 unspecified atom stereocenters. The summed E-state index contributed by atoms with van der Waals surface area (Å²) in [6.45, 7) is 4.30. The quantitative estimate of drug-likeness (QED) is 0.134. The predicted octanol–water partition coefficient (Wildman–Crippen LogP) is 11.6. The van der Waals surface area contributed by atoms with Crippen LogP contribution in [-0.2, 0) is 10.9 Å². The van der Waals surface area contributed by atoms with Gasteiger partial charge in [0.1, 0.15) is 0 Å². The largest absolute Gasteiger partial charge is 0.289 e. The van der Waals surface area contributed by atoms with Crippen LogP contribution in [0.15, 0.2) is 161 Å². The third-order valence-corrected chi connectivity index (χ3v) is 13.8. The van der Waals surface area contributed by atoms with Gasteiger partial charge in [-0.05, 0) is 104 Å². The van der Waals surface area contributed by atoms with Gasteiger partial charge in [-0.25, -0.2) is 0 Å². The summed E-state index contributed by atoms with van der Waals surface area (Å²) in [5, 5.41) is 3.10. The molecule has 6 heteroatoms. The van der Waals surface area contributed by atoms with Crippen molar-refractivity contribution in [3.63, 3.8) is 0 Å². The molecule has 0 fully saturated rings. The maximum absolute atomic E-state index is 13.6. The fraction of sp³-hybridized carbons (Fsp3) is 0.0732. The van der Waals surface area contributed by atoms with Gasteiger partial charge in [-0.1, -0.05) is 55.6 Å². The molecule has 8 aromatic rings. The van der Waals surface area contributed by atoms with Crippen molar-refractivity contribution in [2.75, 3.05) is 0 Å². The molecule has 47 heavy (non-hydrogen) atoms. The van der Waals surface area contributed by atoms with Crippen molar-refractivity contribution in [3.05, 3.63) is 159 Å². The lowest BCUT2D eigenvalue weighted by atomic mass is 10.2. The van der Waals surface area contributed by atoms with Gasteiger partial charge in [0.05, 0.1) is 10.9 Å². The topological polar surface area (TPSA) is 34.1 Å². The standard InChI is InChI=1S/C40H27O2S4.CH4/c1-24-8-7-9-28(20-24)46(29-16-18-37-33(23-29)40(42)31-11-4-6-13-35(31)45-37)38-19-15-26(21-25(38)2)43-27-14-17-36-32(22-27)39(41)30-10-3-5-12-34(30)44-36;/h3-23H,1-2H3;1H4/q+1;. The van der Waals surface area contributed by atoms with E-state index in [1.54, 1.807) is 34.4 Å². The van der Waals surface area contributed by atoms with E-state index in [0.717, 1.165) is 55.0 Å². The highest BCUT2D eigenvalue weighted by molar-refractivity contribution is 7.99. The van der Waals surface area contributed by atoms with E-state index in [2.05, 4.69) is 86.6 Å². The Hall–Kier alpha value is -4.20. The van der Waals surface area contributed by atoms with Gasteiger partial charge in [0.25, 0.3) is 0 Å². The number of hydrogen-bond acceptors (Lipinski definition) is 5. The van der Waals surface area contributed by atoms with Crippen LogP contribution in [0, 0.1) is 13.8 Å². The van der Waals surface area contributed by atoms with Gasteiger partial charge >= 0.3 is 0 Å². The zero-order valence-electron chi connectivity index (χ0n) is 25.1. The summed E-state index contributed by atoms with van der Waals surface area (Å²) in [5.74, 6) is 0. The second kappa shape index (κ2) is 12.8. The Bertz CT molecular complexity index is 2600. The molecule has 2 nitrogen and oxygen atoms in total. The van der Waals surface area contributed by atoms with Gasteiger partial charge in [0.2, 0.25) is 0 Å². The summed E-state index contributed by atoms with van der Waals surface area (Å²) < 4.78 is 4.05. The van der Waals surface area contributed by atoms with Crippen molar-refractivity contribution < 1.29 is 0 Å². The van der Waals surface area contributed by atoms with E-state index in [1.165, 1.54) is 20.9 Å². The molecule has 0 bridgehead atoms. The average Bonchev–Trinajstić information content (AvgIpc) is 3.07. The smallest absolute Gasteiger partial charge is 0.196 e. The summed E-state index contributed by atoms with van der Waals surface area (Å²) in [7, 11) is -0.408. The molecule has 0 N–H and O–H groups in total. The van der Waals surface area contributed by atoms with Gasteiger partial charge in [-0.3, -0.25) is 9.59 Å². The number of rotatable bonds is 5. The lowest BCUT2D eigenvalue weighted by Gasteiger charge is -2.13. The molecular weight excluding hydrogens is 653 g/mol. The van der Waals surface area contributed by atoms with Crippen molar-refractivity contribution in [1.29, 1.82) is 0 Å². The molecule has 0 amide bonds. The third kappa shape index (κ3) is 5.80. The third-order valence-electron chi connectivity index (χ3n) is 8.16. The minimum absolute atomic E-state index is 0. The molecule has 0 aliphatic rings. The number of hydrogen-bond donors (Lipinski definition) is 0. The van der Waals surface area contributed by atoms with Gasteiger partial charge in [0, 0.05) is 61.8 Å². The van der Waals surface area contributed by atoms with E-state index in [0.29, 0.717) is 0 Å². The highest BCUT2D eigenvalue weighted by Gasteiger charge is 2.31. The fourth-order valence-corrected chi connectivity index (χ4v) is 11.3. The molecule has 6 aromatic carbocycles. The van der Waals surface area contributed by atoms with Crippen LogP contribution >= 0.6 is 34.4 Å². The predicted molar refractivity (Wildman–Crippen MR) is 207 cm³/mol. The van der Waals surface area contributed by atoms with E-state index in [9.17, 15) is 9.59 Å². The van der Waals surface area contributed by atoms with Crippen molar-refractivity contribution >= 4 is 85.7 Å². The fourth-order valence-electron chi connectivity index (χ4n) is 5.94. The van der Waals surface area contributed by atoms with Gasteiger partial charge < -0.3 is 0 Å². The minimum atomic E-state index is -0.408. The monoisotopic (exact) mass is 683 g/mol. The summed E-state index contributed by atoms with van der Waals surface area (Å²) in [5.41, 5.74) is 2.58. The zero-order chi connectivity index (χ0) is 31.4. The van der Waals surface area contributed by atoms with E-state index >= 15 is 0 Å². The van der Waals surface area contributed by atoms with E-state index in [-0.39, 0.29) is 18.3 Å². The van der Waals surface area contributed by atoms with E-state index in [4.69, 9.17) is 0 Å². The van der Waals surface area contributed by atoms with Crippen LogP contribution in [0.1, 0.15) is 18.6 Å². The molecule has 0 saturated heterocycles. The van der Waals surface area contributed by atoms with Crippen LogP contribution in [0.5, 0.6) is 0 Å². The maximum atomic E-state index is 13.6. The first kappa shape index (κ1) is 31.4. The van der Waals surface area contributed by atoms with Crippen LogP contribution in [-0.4, -0.2) is 0 Å². The Balaban J connectivity index is 0.00000351. The van der Waals surface area contributed by atoms with Crippen molar-refractivity contribution in [3.8, 4) is 0 Å². The Morgan fingerprint density at radius 1 is 0.511 bits per heavy atom. The van der Waals surface area contributed by atoms with Crippen LogP contribution in [0.25, 0.3) is 40.3 Å². The molecule has 0 spiro atoms. The summed E-state index contributed by atoms with van der Waals surface area (Å²) in [6, 6.07) is 43.7. The van der Waals surface area contributed by atoms with Gasteiger partial charge in [-0.15, -0.1) is 22.7 Å². The second-order valence-electron chi connectivity index (χ2n) is 11.3. The molecular formula is C41H31O2S4+. The van der Waals surface area contributed by atoms with Gasteiger partial charge in [0.15, 0.2) is 25.5 Å². The lowest BCUT2D eigenvalue weighted by molar-refractivity contribution is 1.20. The molecule has 0 radical (unpaired) electrons. The van der Waals surface area contributed by atoms with Crippen LogP contribution < -0.4 is 10.9 Å². The summed E-state index contributed by atoms with van der Waals surface area (Å²) >= 11 is 5.01. The molecule has 8 rings (SSSR count). The summed E-state index contributed by atoms with van der Waals surface area (Å²) in [4.78, 5) is 32.7. The molecule has 2 heterocycles. The first-order valence-corrected chi connectivity index (χ1v) is 18.6. The minimum Gasteiger partial charge on any atom is -0.289 e. The molecule has 1 atom stereocenters. The SMILES string of the molecule is C.Cc1cccc([S+](c2ccc3sc4ccccc4c(=O)c3c2)c2ccc(Sc3ccc4sc5ccccc5c(=O)c4c3)cc2C)c1. The Morgan fingerprint density at radius 3 is 1.72 bits per heavy atom. The average molecular weight is 684 g/mol. The highest BCUT2D eigenvalue weighted by Crippen LogP contribution is 2.39. The second-order valence-corrected chi connectivity index (χ2v) is 16.6. The normalized spacial score (nSPS) is 12.0. The lowest BCUT2D eigenvalue weighted by Crippen LogP contribution is -2.08. The maximum Gasteiger partial charge on any atom is 0.196 e. The first-order chi connectivity index (χ1) is 22.4. The molecule has 0 saturated carbocycles. The van der Waals surface area contributed by atoms with Crippen molar-refractivity contribution in [2.45, 2.75) is 45.8 Å². The Kier molecular flexibility index (Phi) is 8.54. The van der Waals surface area contributed by atoms with E-state index < -0.39 is 10.9 Å². The summed E-state index contributed by atoms with van der Waals surface area (Å²) in [6.07, 6.45) is 0.